The van der Waals surface area contributed by atoms with Crippen molar-refractivity contribution < 1.29 is 18.0 Å². The molecule has 2 aliphatic heterocycles. The second kappa shape index (κ2) is 6.96. The minimum Gasteiger partial charge on any atom is -0.326 e. The van der Waals surface area contributed by atoms with Gasteiger partial charge >= 0.3 is 0 Å². The number of sulfonamides is 1. The number of piperidine rings is 1. The lowest BCUT2D eigenvalue weighted by molar-refractivity contribution is -0.115. The summed E-state index contributed by atoms with van der Waals surface area (Å²) in [6.45, 7) is 3.11. The highest BCUT2D eigenvalue weighted by molar-refractivity contribution is 7.89. The van der Waals surface area contributed by atoms with E-state index in [0.717, 1.165) is 13.1 Å². The van der Waals surface area contributed by atoms with Gasteiger partial charge < -0.3 is 10.2 Å². The fraction of sp³-hybridized carbons (Fsp3) is 0.533. The molecule has 0 aromatic heterocycles. The molecule has 0 aliphatic carbocycles. The first-order valence-corrected chi connectivity index (χ1v) is 9.32. The number of carbonyl (C=O) groups excluding carboxylic acids is 1. The fourth-order valence-corrected chi connectivity index (χ4v) is 3.78. The Bertz CT molecular complexity index is 684. The monoisotopic (exact) mass is 339 g/mol. The van der Waals surface area contributed by atoms with E-state index in [1.165, 1.54) is 31.4 Å². The standard InChI is InChI=1S/C15H21N3O4S/c19-15-11-12-10-13(4-5-14(12)16-15)23(20,21)17-22-9-8-18-6-2-1-3-7-18/h4-5,10,17H,1-3,6-9,11H2,(H,16,19). The molecular formula is C15H21N3O4S. The molecule has 1 aromatic carbocycles. The summed E-state index contributed by atoms with van der Waals surface area (Å²) in [7, 11) is -3.73. The van der Waals surface area contributed by atoms with Crippen LogP contribution in [0.25, 0.3) is 0 Å². The van der Waals surface area contributed by atoms with Crippen molar-refractivity contribution in [1.29, 1.82) is 0 Å². The van der Waals surface area contributed by atoms with E-state index in [0.29, 0.717) is 24.4 Å². The highest BCUT2D eigenvalue weighted by Crippen LogP contribution is 2.25. The van der Waals surface area contributed by atoms with Crippen LogP contribution >= 0.6 is 0 Å². The molecule has 0 bridgehead atoms. The van der Waals surface area contributed by atoms with Crippen molar-refractivity contribution in [2.75, 3.05) is 31.6 Å². The SMILES string of the molecule is O=C1Cc2cc(S(=O)(=O)NOCCN3CCCCC3)ccc2N1. The van der Waals surface area contributed by atoms with Crippen LogP contribution in [0.5, 0.6) is 0 Å². The van der Waals surface area contributed by atoms with Gasteiger partial charge in [-0.3, -0.25) is 9.63 Å². The van der Waals surface area contributed by atoms with Crippen LogP contribution in [0.2, 0.25) is 0 Å². The van der Waals surface area contributed by atoms with Crippen LogP contribution in [-0.4, -0.2) is 45.5 Å². The maximum atomic E-state index is 12.2. The van der Waals surface area contributed by atoms with E-state index in [-0.39, 0.29) is 17.2 Å². The normalized spacial score (nSPS) is 18.7. The quantitative estimate of drug-likeness (QED) is 0.593. The third-order valence-electron chi connectivity index (χ3n) is 4.14. The van der Waals surface area contributed by atoms with Crippen molar-refractivity contribution in [3.05, 3.63) is 23.8 Å². The number of rotatable bonds is 6. The number of hydrogen-bond acceptors (Lipinski definition) is 5. The molecule has 126 valence electrons. The number of hydrogen-bond donors (Lipinski definition) is 2. The lowest BCUT2D eigenvalue weighted by Gasteiger charge is -2.25. The lowest BCUT2D eigenvalue weighted by Crippen LogP contribution is -2.35. The van der Waals surface area contributed by atoms with Crippen LogP contribution in [0, 0.1) is 0 Å². The van der Waals surface area contributed by atoms with Gasteiger partial charge in [0.05, 0.1) is 17.9 Å². The minimum atomic E-state index is -3.73. The Hall–Kier alpha value is -1.48. The molecule has 0 atom stereocenters. The Morgan fingerprint density at radius 3 is 2.78 bits per heavy atom. The third kappa shape index (κ3) is 4.08. The summed E-state index contributed by atoms with van der Waals surface area (Å²) in [5.74, 6) is -0.125. The first kappa shape index (κ1) is 16.4. The van der Waals surface area contributed by atoms with E-state index in [1.807, 2.05) is 0 Å². The van der Waals surface area contributed by atoms with Crippen LogP contribution in [-0.2, 0) is 26.1 Å². The maximum absolute atomic E-state index is 12.2. The van der Waals surface area contributed by atoms with Crippen LogP contribution in [0.1, 0.15) is 24.8 Å². The number of likely N-dealkylation sites (tertiary alicyclic amines) is 1. The van der Waals surface area contributed by atoms with Gasteiger partial charge in [0.1, 0.15) is 0 Å². The highest BCUT2D eigenvalue weighted by atomic mass is 32.2. The Kier molecular flexibility index (Phi) is 4.96. The van der Waals surface area contributed by atoms with Gasteiger partial charge in [0.2, 0.25) is 5.91 Å². The third-order valence-corrected chi connectivity index (χ3v) is 5.35. The molecule has 0 radical (unpaired) electrons. The number of carbonyl (C=O) groups is 1. The highest BCUT2D eigenvalue weighted by Gasteiger charge is 2.22. The molecule has 0 saturated carbocycles. The molecule has 8 heteroatoms. The zero-order valence-corrected chi connectivity index (χ0v) is 13.7. The summed E-state index contributed by atoms with van der Waals surface area (Å²) in [5.41, 5.74) is 1.35. The molecule has 7 nitrogen and oxygen atoms in total. The largest absolute Gasteiger partial charge is 0.326 e. The number of benzene rings is 1. The topological polar surface area (TPSA) is 87.7 Å². The summed E-state index contributed by atoms with van der Waals surface area (Å²) in [6.07, 6.45) is 3.84. The second-order valence-corrected chi connectivity index (χ2v) is 7.53. The molecule has 1 amide bonds. The Morgan fingerprint density at radius 2 is 2.00 bits per heavy atom. The average molecular weight is 339 g/mol. The Balaban J connectivity index is 1.53. The van der Waals surface area contributed by atoms with E-state index in [2.05, 4.69) is 15.1 Å². The molecular weight excluding hydrogens is 318 g/mol. The number of amides is 1. The summed E-state index contributed by atoms with van der Waals surface area (Å²) in [6, 6.07) is 4.56. The van der Waals surface area contributed by atoms with E-state index < -0.39 is 10.0 Å². The first-order valence-electron chi connectivity index (χ1n) is 7.83. The Morgan fingerprint density at radius 1 is 1.22 bits per heavy atom. The summed E-state index contributed by atoms with van der Waals surface area (Å²) in [5, 5.41) is 2.67. The zero-order chi connectivity index (χ0) is 16.3. The molecule has 3 rings (SSSR count). The van der Waals surface area contributed by atoms with Gasteiger partial charge in [-0.05, 0) is 49.7 Å². The van der Waals surface area contributed by atoms with E-state index in [9.17, 15) is 13.2 Å². The van der Waals surface area contributed by atoms with Crippen LogP contribution in [0.15, 0.2) is 23.1 Å². The molecule has 1 saturated heterocycles. The van der Waals surface area contributed by atoms with Gasteiger partial charge in [-0.2, -0.15) is 0 Å². The summed E-state index contributed by atoms with van der Waals surface area (Å²) < 4.78 is 24.4. The van der Waals surface area contributed by atoms with Crippen molar-refractivity contribution >= 4 is 21.6 Å². The van der Waals surface area contributed by atoms with Crippen molar-refractivity contribution in [2.45, 2.75) is 30.6 Å². The smallest absolute Gasteiger partial charge is 0.262 e. The second-order valence-electron chi connectivity index (χ2n) is 5.88. The minimum absolute atomic E-state index is 0.103. The molecule has 2 heterocycles. The molecule has 1 fully saturated rings. The molecule has 0 unspecified atom stereocenters. The van der Waals surface area contributed by atoms with E-state index >= 15 is 0 Å². The number of anilines is 1. The van der Waals surface area contributed by atoms with Gasteiger partial charge in [0.25, 0.3) is 10.0 Å². The number of nitrogens with zero attached hydrogens (tertiary/aromatic N) is 1. The predicted molar refractivity (Wildman–Crippen MR) is 85.3 cm³/mol. The van der Waals surface area contributed by atoms with E-state index in [4.69, 9.17) is 4.84 Å². The maximum Gasteiger partial charge on any atom is 0.262 e. The van der Waals surface area contributed by atoms with Crippen molar-refractivity contribution in [2.24, 2.45) is 0 Å². The lowest BCUT2D eigenvalue weighted by atomic mass is 10.1. The molecule has 2 aliphatic rings. The summed E-state index contributed by atoms with van der Waals surface area (Å²) in [4.78, 5) is 21.0. The molecule has 23 heavy (non-hydrogen) atoms. The molecule has 2 N–H and O–H groups in total. The fourth-order valence-electron chi connectivity index (χ4n) is 2.90. The van der Waals surface area contributed by atoms with Crippen LogP contribution in [0.4, 0.5) is 5.69 Å². The zero-order valence-electron chi connectivity index (χ0n) is 12.9. The van der Waals surface area contributed by atoms with Crippen molar-refractivity contribution in [3.8, 4) is 0 Å². The van der Waals surface area contributed by atoms with Gasteiger partial charge in [-0.1, -0.05) is 11.3 Å². The van der Waals surface area contributed by atoms with Gasteiger partial charge in [-0.15, -0.1) is 0 Å². The summed E-state index contributed by atoms with van der Waals surface area (Å²) >= 11 is 0. The molecule has 1 aromatic rings. The number of fused-ring (bicyclic) bond motifs is 1. The van der Waals surface area contributed by atoms with E-state index in [1.54, 1.807) is 6.07 Å². The number of nitrogens with one attached hydrogen (secondary N) is 2. The van der Waals surface area contributed by atoms with Crippen molar-refractivity contribution in [1.82, 2.24) is 9.79 Å². The van der Waals surface area contributed by atoms with Crippen molar-refractivity contribution in [3.63, 3.8) is 0 Å². The first-order chi connectivity index (χ1) is 11.0. The predicted octanol–water partition coefficient (Wildman–Crippen LogP) is 0.877. The Labute approximate surface area is 136 Å². The molecule has 0 spiro atoms. The van der Waals surface area contributed by atoms with Crippen LogP contribution < -0.4 is 10.2 Å². The average Bonchev–Trinajstić information content (AvgIpc) is 2.92. The van der Waals surface area contributed by atoms with Gasteiger partial charge in [0.15, 0.2) is 0 Å². The van der Waals surface area contributed by atoms with Gasteiger partial charge in [-0.25, -0.2) is 8.42 Å². The van der Waals surface area contributed by atoms with Gasteiger partial charge in [0, 0.05) is 12.2 Å². The van der Waals surface area contributed by atoms with Crippen LogP contribution in [0.3, 0.4) is 0 Å².